The van der Waals surface area contributed by atoms with Crippen LogP contribution < -0.4 is 0 Å². The molecule has 158 valence electrons. The summed E-state index contributed by atoms with van der Waals surface area (Å²) in [6, 6.07) is 32.4. The Kier molecular flexibility index (Phi) is 4.24. The van der Waals surface area contributed by atoms with Crippen LogP contribution in [0.4, 0.5) is 0 Å². The van der Waals surface area contributed by atoms with Crippen LogP contribution in [0.2, 0.25) is 0 Å². The summed E-state index contributed by atoms with van der Waals surface area (Å²) in [5.74, 6) is 0.586. The molecule has 6 aromatic rings. The Hall–Kier alpha value is -4.50. The van der Waals surface area contributed by atoms with Crippen molar-refractivity contribution in [3.05, 3.63) is 103 Å². The maximum Gasteiger partial charge on any atom is 0.124 e. The topological polar surface area (TPSA) is 60.7 Å². The van der Waals surface area contributed by atoms with Gasteiger partial charge in [0.2, 0.25) is 0 Å². The minimum absolute atomic E-state index is 0.186. The van der Waals surface area contributed by atoms with E-state index < -0.39 is 0 Å². The number of rotatable bonds is 2. The number of hydrogen-bond acceptors (Lipinski definition) is 3. The predicted octanol–water partition coefficient (Wildman–Crippen LogP) is 7.60. The first-order chi connectivity index (χ1) is 16.1. The fourth-order valence-corrected chi connectivity index (χ4v) is 4.86. The number of phenols is 3. The fourth-order valence-electron chi connectivity index (χ4n) is 4.86. The molecule has 0 radical (unpaired) electrons. The van der Waals surface area contributed by atoms with Crippen LogP contribution in [-0.2, 0) is 0 Å². The number of phenolic OH excluding ortho intramolecular Hbond substituents is 3. The average molecular weight is 428 g/mol. The summed E-state index contributed by atoms with van der Waals surface area (Å²) in [6.07, 6.45) is 0. The fraction of sp³-hybridized carbons (Fsp3) is 0. The number of benzene rings is 6. The third-order valence-corrected chi connectivity index (χ3v) is 6.31. The molecule has 6 rings (SSSR count). The van der Waals surface area contributed by atoms with Crippen LogP contribution in [0.15, 0.2) is 103 Å². The zero-order valence-corrected chi connectivity index (χ0v) is 17.7. The van der Waals surface area contributed by atoms with Gasteiger partial charge in [-0.25, -0.2) is 0 Å². The van der Waals surface area contributed by atoms with Crippen LogP contribution in [0.5, 0.6) is 17.2 Å². The summed E-state index contributed by atoms with van der Waals surface area (Å²) in [5.41, 5.74) is 3.65. The maximum atomic E-state index is 11.0. The van der Waals surface area contributed by atoms with E-state index >= 15 is 0 Å². The van der Waals surface area contributed by atoms with E-state index in [9.17, 15) is 15.3 Å². The highest BCUT2D eigenvalue weighted by molar-refractivity contribution is 6.14. The molecule has 0 aliphatic heterocycles. The van der Waals surface area contributed by atoms with Gasteiger partial charge in [0.1, 0.15) is 17.2 Å². The van der Waals surface area contributed by atoms with Crippen molar-refractivity contribution < 1.29 is 15.3 Å². The van der Waals surface area contributed by atoms with Crippen molar-refractivity contribution in [3.63, 3.8) is 0 Å². The molecule has 0 unspecified atom stereocenters. The minimum atomic E-state index is 0.186. The second-order valence-electron chi connectivity index (χ2n) is 8.29. The summed E-state index contributed by atoms with van der Waals surface area (Å²) in [4.78, 5) is 0. The van der Waals surface area contributed by atoms with Crippen molar-refractivity contribution in [2.45, 2.75) is 0 Å². The molecular weight excluding hydrogens is 408 g/mol. The maximum absolute atomic E-state index is 11.0. The normalized spacial score (nSPS) is 11.4. The van der Waals surface area contributed by atoms with Crippen molar-refractivity contribution in [2.24, 2.45) is 0 Å². The lowest BCUT2D eigenvalue weighted by Crippen LogP contribution is -1.89. The highest BCUT2D eigenvalue weighted by Gasteiger charge is 2.16. The molecule has 0 spiro atoms. The Morgan fingerprint density at radius 1 is 0.394 bits per heavy atom. The van der Waals surface area contributed by atoms with Crippen LogP contribution in [0, 0.1) is 0 Å². The van der Waals surface area contributed by atoms with Crippen molar-refractivity contribution in [1.82, 2.24) is 0 Å². The summed E-state index contributed by atoms with van der Waals surface area (Å²) in [5, 5.41) is 37.0. The van der Waals surface area contributed by atoms with Gasteiger partial charge in [-0.3, -0.25) is 0 Å². The molecule has 0 aliphatic rings. The first-order valence-electron chi connectivity index (χ1n) is 10.8. The highest BCUT2D eigenvalue weighted by atomic mass is 16.3. The molecule has 0 bridgehead atoms. The van der Waals surface area contributed by atoms with E-state index in [1.165, 1.54) is 0 Å². The van der Waals surface area contributed by atoms with E-state index in [-0.39, 0.29) is 17.2 Å². The Balaban J connectivity index is 1.71. The van der Waals surface area contributed by atoms with Gasteiger partial charge in [0.15, 0.2) is 0 Å². The lowest BCUT2D eigenvalue weighted by atomic mass is 9.88. The van der Waals surface area contributed by atoms with Crippen LogP contribution in [0.25, 0.3) is 54.6 Å². The second kappa shape index (κ2) is 7.28. The lowest BCUT2D eigenvalue weighted by molar-refractivity contribution is 0.475. The zero-order valence-electron chi connectivity index (χ0n) is 17.7. The molecule has 0 fully saturated rings. The SMILES string of the molecule is Oc1cc(-c2ccc(-c3cccc4ccc(O)cc34)c3c(O)cccc23)c2ccccc2c1. The molecule has 0 amide bonds. The zero-order chi connectivity index (χ0) is 22.5. The molecular formula is C30H20O3. The lowest BCUT2D eigenvalue weighted by Gasteiger charge is -2.16. The highest BCUT2D eigenvalue weighted by Crippen LogP contribution is 2.44. The van der Waals surface area contributed by atoms with E-state index in [1.807, 2.05) is 72.8 Å². The molecule has 6 aromatic carbocycles. The van der Waals surface area contributed by atoms with Gasteiger partial charge in [0, 0.05) is 5.39 Å². The largest absolute Gasteiger partial charge is 0.508 e. The molecule has 0 aromatic heterocycles. The van der Waals surface area contributed by atoms with Crippen molar-refractivity contribution >= 4 is 32.3 Å². The van der Waals surface area contributed by atoms with Crippen molar-refractivity contribution in [1.29, 1.82) is 0 Å². The smallest absolute Gasteiger partial charge is 0.124 e. The van der Waals surface area contributed by atoms with Gasteiger partial charge in [0.25, 0.3) is 0 Å². The standard InChI is InChI=1S/C30H20O3/c31-20-12-11-18-6-3-8-23(27(18)16-20)26-14-13-24(25-9-4-10-29(33)30(25)26)28-17-21(32)15-19-5-1-2-7-22(19)28/h1-17,31-33H. The Labute approximate surface area is 190 Å². The molecule has 0 saturated carbocycles. The van der Waals surface area contributed by atoms with Crippen LogP contribution in [0.3, 0.4) is 0 Å². The third-order valence-electron chi connectivity index (χ3n) is 6.31. The first kappa shape index (κ1) is 19.2. The van der Waals surface area contributed by atoms with Gasteiger partial charge >= 0.3 is 0 Å². The Morgan fingerprint density at radius 2 is 1.12 bits per heavy atom. The second-order valence-corrected chi connectivity index (χ2v) is 8.29. The number of fused-ring (bicyclic) bond motifs is 3. The van der Waals surface area contributed by atoms with Crippen LogP contribution >= 0.6 is 0 Å². The minimum Gasteiger partial charge on any atom is -0.508 e. The third kappa shape index (κ3) is 3.06. The quantitative estimate of drug-likeness (QED) is 0.266. The first-order valence-corrected chi connectivity index (χ1v) is 10.8. The number of hydrogen-bond donors (Lipinski definition) is 3. The molecule has 0 heterocycles. The monoisotopic (exact) mass is 428 g/mol. The van der Waals surface area contributed by atoms with E-state index in [4.69, 9.17) is 0 Å². The van der Waals surface area contributed by atoms with Gasteiger partial charge in [0.05, 0.1) is 0 Å². The van der Waals surface area contributed by atoms with E-state index in [0.29, 0.717) is 0 Å². The van der Waals surface area contributed by atoms with Gasteiger partial charge in [-0.15, -0.1) is 0 Å². The summed E-state index contributed by atoms with van der Waals surface area (Å²) >= 11 is 0. The molecule has 0 atom stereocenters. The molecule has 3 N–H and O–H groups in total. The number of aromatic hydroxyl groups is 3. The molecule has 0 saturated heterocycles. The van der Waals surface area contributed by atoms with Gasteiger partial charge in [-0.1, -0.05) is 72.8 Å². The van der Waals surface area contributed by atoms with Gasteiger partial charge in [-0.05, 0) is 79.5 Å². The van der Waals surface area contributed by atoms with Crippen LogP contribution in [0.1, 0.15) is 0 Å². The van der Waals surface area contributed by atoms with Crippen LogP contribution in [-0.4, -0.2) is 15.3 Å². The molecule has 33 heavy (non-hydrogen) atoms. The van der Waals surface area contributed by atoms with E-state index in [2.05, 4.69) is 0 Å². The van der Waals surface area contributed by atoms with Gasteiger partial charge in [-0.2, -0.15) is 0 Å². The molecule has 0 aliphatic carbocycles. The summed E-state index contributed by atoms with van der Waals surface area (Å²) in [7, 11) is 0. The van der Waals surface area contributed by atoms with Gasteiger partial charge < -0.3 is 15.3 Å². The van der Waals surface area contributed by atoms with Crippen molar-refractivity contribution in [3.8, 4) is 39.5 Å². The van der Waals surface area contributed by atoms with Crippen molar-refractivity contribution in [2.75, 3.05) is 0 Å². The van der Waals surface area contributed by atoms with E-state index in [0.717, 1.165) is 54.6 Å². The molecule has 3 nitrogen and oxygen atoms in total. The van der Waals surface area contributed by atoms with E-state index in [1.54, 1.807) is 30.3 Å². The summed E-state index contributed by atoms with van der Waals surface area (Å²) < 4.78 is 0. The Bertz CT molecular complexity index is 1700. The average Bonchev–Trinajstić information content (AvgIpc) is 2.83. The molecule has 3 heteroatoms. The Morgan fingerprint density at radius 3 is 2.03 bits per heavy atom. The predicted molar refractivity (Wildman–Crippen MR) is 135 cm³/mol. The summed E-state index contributed by atoms with van der Waals surface area (Å²) in [6.45, 7) is 0.